The summed E-state index contributed by atoms with van der Waals surface area (Å²) >= 11 is 0. The Morgan fingerprint density at radius 3 is 2.71 bits per heavy atom. The summed E-state index contributed by atoms with van der Waals surface area (Å²) in [6.45, 7) is 4.36. The molecule has 1 saturated carbocycles. The Morgan fingerprint density at radius 2 is 2.24 bits per heavy atom. The van der Waals surface area contributed by atoms with E-state index in [1.807, 2.05) is 13.8 Å². The van der Waals surface area contributed by atoms with Crippen LogP contribution in [0, 0.1) is 5.41 Å². The average molecular weight is 241 g/mol. The summed E-state index contributed by atoms with van der Waals surface area (Å²) in [4.78, 5) is 22.8. The third-order valence-corrected chi connectivity index (χ3v) is 3.86. The molecule has 6 nitrogen and oxygen atoms in total. The van der Waals surface area contributed by atoms with Crippen LogP contribution < -0.4 is 16.0 Å². The molecule has 2 rings (SSSR count). The number of carbonyl (C=O) groups is 2. The van der Waals surface area contributed by atoms with Crippen LogP contribution in [0.25, 0.3) is 0 Å². The van der Waals surface area contributed by atoms with Crippen LogP contribution in [0.2, 0.25) is 0 Å². The first kappa shape index (κ1) is 12.3. The van der Waals surface area contributed by atoms with Crippen molar-refractivity contribution in [3.63, 3.8) is 0 Å². The molecule has 1 aliphatic carbocycles. The maximum atomic E-state index is 11.9. The van der Waals surface area contributed by atoms with Crippen molar-refractivity contribution in [3.8, 4) is 0 Å². The Kier molecular flexibility index (Phi) is 3.09. The number of rotatable bonds is 2. The molecule has 1 aliphatic heterocycles. The summed E-state index contributed by atoms with van der Waals surface area (Å²) < 4.78 is 0. The normalized spacial score (nSPS) is 35.7. The molecule has 0 radical (unpaired) electrons. The Bertz CT molecular complexity index is 333. The molecule has 1 saturated heterocycles. The first-order chi connectivity index (χ1) is 7.91. The molecule has 3 unspecified atom stereocenters. The molecule has 0 aromatic carbocycles. The first-order valence-electron chi connectivity index (χ1n) is 5.90. The van der Waals surface area contributed by atoms with Gasteiger partial charge in [0.2, 0.25) is 11.8 Å². The zero-order valence-corrected chi connectivity index (χ0v) is 10.1. The van der Waals surface area contributed by atoms with Crippen molar-refractivity contribution in [1.29, 1.82) is 0 Å². The second-order valence-corrected chi connectivity index (χ2v) is 5.37. The second kappa shape index (κ2) is 4.27. The number of hydrogen-bond acceptors (Lipinski definition) is 4. The SMILES string of the molecule is CC1(C)C(O)CC1NC(=O)C1CNC(=O)CN1. The van der Waals surface area contributed by atoms with Gasteiger partial charge in [0, 0.05) is 18.0 Å². The summed E-state index contributed by atoms with van der Waals surface area (Å²) in [7, 11) is 0. The standard InChI is InChI=1S/C11H19N3O3/c1-11(2)7(3-8(11)15)14-10(17)6-4-13-9(16)5-12-6/h6-8,12,15H,3-5H2,1-2H3,(H,13,16)(H,14,17). The van der Waals surface area contributed by atoms with E-state index in [2.05, 4.69) is 16.0 Å². The lowest BCUT2D eigenvalue weighted by molar-refractivity contribution is -0.132. The molecular formula is C11H19N3O3. The van der Waals surface area contributed by atoms with Gasteiger partial charge in [-0.2, -0.15) is 0 Å². The van der Waals surface area contributed by atoms with E-state index in [-0.39, 0.29) is 42.0 Å². The zero-order chi connectivity index (χ0) is 12.6. The van der Waals surface area contributed by atoms with Crippen molar-refractivity contribution in [2.75, 3.05) is 13.1 Å². The number of amides is 2. The number of carbonyl (C=O) groups excluding carboxylic acids is 2. The van der Waals surface area contributed by atoms with Gasteiger partial charge in [-0.3, -0.25) is 14.9 Å². The lowest BCUT2D eigenvalue weighted by Gasteiger charge is -2.49. The summed E-state index contributed by atoms with van der Waals surface area (Å²) in [5.74, 6) is -0.205. The fourth-order valence-corrected chi connectivity index (χ4v) is 2.17. The van der Waals surface area contributed by atoms with E-state index in [4.69, 9.17) is 0 Å². The number of nitrogens with one attached hydrogen (secondary N) is 3. The Hall–Kier alpha value is -1.14. The maximum absolute atomic E-state index is 11.9. The Morgan fingerprint density at radius 1 is 1.53 bits per heavy atom. The van der Waals surface area contributed by atoms with Crippen LogP contribution in [-0.4, -0.2) is 48.2 Å². The van der Waals surface area contributed by atoms with Crippen molar-refractivity contribution < 1.29 is 14.7 Å². The highest BCUT2D eigenvalue weighted by Gasteiger charge is 2.48. The van der Waals surface area contributed by atoms with E-state index in [1.54, 1.807) is 0 Å². The van der Waals surface area contributed by atoms with Crippen molar-refractivity contribution in [3.05, 3.63) is 0 Å². The van der Waals surface area contributed by atoms with Gasteiger partial charge >= 0.3 is 0 Å². The molecule has 6 heteroatoms. The van der Waals surface area contributed by atoms with E-state index in [9.17, 15) is 14.7 Å². The minimum atomic E-state index is -0.374. The van der Waals surface area contributed by atoms with E-state index >= 15 is 0 Å². The fourth-order valence-electron chi connectivity index (χ4n) is 2.17. The van der Waals surface area contributed by atoms with E-state index < -0.39 is 0 Å². The predicted molar refractivity (Wildman–Crippen MR) is 61.1 cm³/mol. The van der Waals surface area contributed by atoms with Crippen LogP contribution in [0.5, 0.6) is 0 Å². The van der Waals surface area contributed by atoms with Gasteiger partial charge in [0.1, 0.15) is 6.04 Å². The van der Waals surface area contributed by atoms with E-state index in [1.165, 1.54) is 0 Å². The van der Waals surface area contributed by atoms with E-state index in [0.717, 1.165) is 0 Å². The number of aliphatic hydroxyl groups is 1. The first-order valence-corrected chi connectivity index (χ1v) is 5.90. The van der Waals surface area contributed by atoms with Crippen LogP contribution in [0.1, 0.15) is 20.3 Å². The van der Waals surface area contributed by atoms with Crippen LogP contribution in [0.3, 0.4) is 0 Å². The van der Waals surface area contributed by atoms with Crippen LogP contribution in [-0.2, 0) is 9.59 Å². The molecular weight excluding hydrogens is 222 g/mol. The molecule has 96 valence electrons. The maximum Gasteiger partial charge on any atom is 0.239 e. The van der Waals surface area contributed by atoms with Crippen molar-refractivity contribution in [2.24, 2.45) is 5.41 Å². The molecule has 0 spiro atoms. The number of aliphatic hydroxyl groups excluding tert-OH is 1. The third kappa shape index (κ3) is 2.28. The highest BCUT2D eigenvalue weighted by Crippen LogP contribution is 2.40. The average Bonchev–Trinajstić information content (AvgIpc) is 2.29. The lowest BCUT2D eigenvalue weighted by Crippen LogP contribution is -2.65. The third-order valence-electron chi connectivity index (χ3n) is 3.86. The van der Waals surface area contributed by atoms with Gasteiger partial charge in [0.25, 0.3) is 0 Å². The fraction of sp³-hybridized carbons (Fsp3) is 0.818. The van der Waals surface area contributed by atoms with E-state index in [0.29, 0.717) is 13.0 Å². The van der Waals surface area contributed by atoms with Gasteiger partial charge in [-0.05, 0) is 6.42 Å². The van der Waals surface area contributed by atoms with Crippen LogP contribution in [0.15, 0.2) is 0 Å². The lowest BCUT2D eigenvalue weighted by atomic mass is 9.64. The zero-order valence-electron chi connectivity index (χ0n) is 10.1. The van der Waals surface area contributed by atoms with Crippen molar-refractivity contribution in [2.45, 2.75) is 38.5 Å². The summed E-state index contributed by atoms with van der Waals surface area (Å²) in [6.07, 6.45) is 0.240. The topological polar surface area (TPSA) is 90.5 Å². The van der Waals surface area contributed by atoms with Crippen LogP contribution >= 0.6 is 0 Å². The minimum Gasteiger partial charge on any atom is -0.392 e. The van der Waals surface area contributed by atoms with Gasteiger partial charge in [0.05, 0.1) is 12.6 Å². The predicted octanol–water partition coefficient (Wildman–Crippen LogP) is -1.65. The highest BCUT2D eigenvalue weighted by atomic mass is 16.3. The van der Waals surface area contributed by atoms with Gasteiger partial charge in [-0.25, -0.2) is 0 Å². The van der Waals surface area contributed by atoms with Gasteiger partial charge in [-0.15, -0.1) is 0 Å². The molecule has 2 fully saturated rings. The van der Waals surface area contributed by atoms with Crippen LogP contribution in [0.4, 0.5) is 0 Å². The summed E-state index contributed by atoms with van der Waals surface area (Å²) in [6, 6.07) is -0.370. The summed E-state index contributed by atoms with van der Waals surface area (Å²) in [5, 5.41) is 18.0. The molecule has 0 bridgehead atoms. The van der Waals surface area contributed by atoms with Crippen molar-refractivity contribution in [1.82, 2.24) is 16.0 Å². The number of piperazine rings is 1. The molecule has 17 heavy (non-hydrogen) atoms. The molecule has 2 amide bonds. The Labute approximate surface area is 100 Å². The van der Waals surface area contributed by atoms with Gasteiger partial charge in [0.15, 0.2) is 0 Å². The monoisotopic (exact) mass is 241 g/mol. The van der Waals surface area contributed by atoms with Crippen molar-refractivity contribution >= 4 is 11.8 Å². The Balaban J connectivity index is 1.84. The second-order valence-electron chi connectivity index (χ2n) is 5.37. The minimum absolute atomic E-state index is 0.00410. The molecule has 2 aliphatic rings. The molecule has 0 aromatic heterocycles. The highest BCUT2D eigenvalue weighted by molar-refractivity contribution is 5.87. The van der Waals surface area contributed by atoms with Gasteiger partial charge in [-0.1, -0.05) is 13.8 Å². The van der Waals surface area contributed by atoms with Gasteiger partial charge < -0.3 is 15.7 Å². The quantitative estimate of drug-likeness (QED) is 0.466. The molecule has 0 aromatic rings. The summed E-state index contributed by atoms with van der Waals surface area (Å²) in [5.41, 5.74) is -0.270. The largest absolute Gasteiger partial charge is 0.392 e. The smallest absolute Gasteiger partial charge is 0.239 e. The number of hydrogen-bond donors (Lipinski definition) is 4. The molecule has 3 atom stereocenters. The molecule has 4 N–H and O–H groups in total. The molecule has 1 heterocycles.